The fraction of sp³-hybridized carbons (Fsp3) is 0.115. The number of imide groups is 1. The Kier molecular flexibility index (Phi) is 5.48. The molecule has 2 fully saturated rings. The molecular formula is C26H17ClFN3O4S. The van der Waals surface area contributed by atoms with Gasteiger partial charge < -0.3 is 0 Å². The number of rotatable bonds is 4. The van der Waals surface area contributed by atoms with Crippen LogP contribution in [0.2, 0.25) is 5.15 Å². The van der Waals surface area contributed by atoms with Crippen LogP contribution in [0.3, 0.4) is 0 Å². The molecule has 4 aromatic rings. The van der Waals surface area contributed by atoms with Gasteiger partial charge in [0.2, 0.25) is 5.91 Å². The van der Waals surface area contributed by atoms with E-state index in [9.17, 15) is 18.8 Å². The van der Waals surface area contributed by atoms with Crippen molar-refractivity contribution in [3.8, 4) is 5.69 Å². The van der Waals surface area contributed by atoms with E-state index in [2.05, 4.69) is 0 Å². The molecule has 36 heavy (non-hydrogen) atoms. The van der Waals surface area contributed by atoms with Crippen molar-refractivity contribution in [2.45, 2.75) is 12.1 Å². The monoisotopic (exact) mass is 521 g/mol. The number of carbonyl (C=O) groups is 2. The Hall–Kier alpha value is -3.79. The molecule has 2 saturated heterocycles. The van der Waals surface area contributed by atoms with Crippen molar-refractivity contribution in [2.24, 2.45) is 5.92 Å². The van der Waals surface area contributed by atoms with Crippen LogP contribution < -0.4 is 14.8 Å². The van der Waals surface area contributed by atoms with Gasteiger partial charge in [0.05, 0.1) is 21.9 Å². The van der Waals surface area contributed by atoms with E-state index in [1.807, 2.05) is 12.1 Å². The summed E-state index contributed by atoms with van der Waals surface area (Å²) in [6, 6.07) is 22.2. The lowest BCUT2D eigenvalue weighted by molar-refractivity contribution is -0.126. The predicted molar refractivity (Wildman–Crippen MR) is 134 cm³/mol. The summed E-state index contributed by atoms with van der Waals surface area (Å²) in [5, 5.41) is 1.63. The zero-order valence-corrected chi connectivity index (χ0v) is 20.0. The number of nitrogens with zero attached hydrogens (tertiary/aromatic N) is 3. The van der Waals surface area contributed by atoms with Gasteiger partial charge in [0, 0.05) is 0 Å². The number of hydroxylamine groups is 1. The van der Waals surface area contributed by atoms with Gasteiger partial charge >= 0.3 is 4.87 Å². The molecule has 3 aromatic carbocycles. The predicted octanol–water partition coefficient (Wildman–Crippen LogP) is 4.74. The summed E-state index contributed by atoms with van der Waals surface area (Å²) in [5.74, 6) is -2.53. The summed E-state index contributed by atoms with van der Waals surface area (Å²) < 4.78 is 14.9. The number of benzene rings is 3. The van der Waals surface area contributed by atoms with Gasteiger partial charge in [0.25, 0.3) is 5.91 Å². The molecule has 0 aliphatic carbocycles. The maximum atomic E-state index is 13.7. The van der Waals surface area contributed by atoms with Gasteiger partial charge in [0.1, 0.15) is 22.9 Å². The maximum absolute atomic E-state index is 13.7. The van der Waals surface area contributed by atoms with Crippen LogP contribution >= 0.6 is 22.9 Å². The zero-order valence-electron chi connectivity index (χ0n) is 18.5. The molecule has 180 valence electrons. The highest BCUT2D eigenvalue weighted by Gasteiger charge is 2.61. The molecule has 10 heteroatoms. The number of para-hydroxylation sites is 2. The molecule has 0 spiro atoms. The first-order valence-electron chi connectivity index (χ1n) is 11.1. The number of hydrogen-bond acceptors (Lipinski definition) is 6. The van der Waals surface area contributed by atoms with Gasteiger partial charge in [-0.05, 0) is 48.5 Å². The first kappa shape index (κ1) is 22.7. The summed E-state index contributed by atoms with van der Waals surface area (Å²) >= 11 is 7.69. The average molecular weight is 522 g/mol. The maximum Gasteiger partial charge on any atom is 0.313 e. The molecular weight excluding hydrogens is 505 g/mol. The second-order valence-corrected chi connectivity index (χ2v) is 9.69. The Labute approximate surface area is 213 Å². The minimum Gasteiger partial charge on any atom is -0.273 e. The molecule has 1 aromatic heterocycles. The van der Waals surface area contributed by atoms with E-state index >= 15 is 0 Å². The molecule has 3 atom stereocenters. The van der Waals surface area contributed by atoms with Crippen LogP contribution in [0.5, 0.6) is 0 Å². The molecule has 0 N–H and O–H groups in total. The summed E-state index contributed by atoms with van der Waals surface area (Å²) in [4.78, 5) is 47.3. The van der Waals surface area contributed by atoms with Gasteiger partial charge in [0.15, 0.2) is 6.10 Å². The van der Waals surface area contributed by atoms with E-state index in [1.54, 1.807) is 48.5 Å². The fourth-order valence-corrected chi connectivity index (χ4v) is 6.14. The molecule has 0 saturated carbocycles. The molecule has 0 bridgehead atoms. The first-order chi connectivity index (χ1) is 17.5. The number of anilines is 2. The molecule has 2 aliphatic rings. The third-order valence-corrected chi connectivity index (χ3v) is 7.77. The summed E-state index contributed by atoms with van der Waals surface area (Å²) in [5.41, 5.74) is 1.43. The number of aromatic nitrogens is 1. The molecule has 2 aliphatic heterocycles. The summed E-state index contributed by atoms with van der Waals surface area (Å²) in [7, 11) is 0. The van der Waals surface area contributed by atoms with Crippen molar-refractivity contribution >= 4 is 46.1 Å². The topological polar surface area (TPSA) is 71.8 Å². The van der Waals surface area contributed by atoms with Crippen LogP contribution in [-0.2, 0) is 14.4 Å². The van der Waals surface area contributed by atoms with E-state index in [-0.39, 0.29) is 15.7 Å². The molecule has 2 amide bonds. The average Bonchev–Trinajstić information content (AvgIpc) is 3.50. The minimum atomic E-state index is -1.13. The van der Waals surface area contributed by atoms with Crippen molar-refractivity contribution in [2.75, 3.05) is 9.96 Å². The van der Waals surface area contributed by atoms with E-state index in [1.165, 1.54) is 33.9 Å². The van der Waals surface area contributed by atoms with E-state index in [0.29, 0.717) is 16.3 Å². The van der Waals surface area contributed by atoms with E-state index < -0.39 is 35.7 Å². The van der Waals surface area contributed by atoms with Crippen molar-refractivity contribution in [1.82, 2.24) is 4.57 Å². The van der Waals surface area contributed by atoms with Gasteiger partial charge in [-0.25, -0.2) is 14.4 Å². The Morgan fingerprint density at radius 3 is 2.03 bits per heavy atom. The number of carbonyl (C=O) groups excluding carboxylic acids is 2. The SMILES string of the molecule is O=C1C2ON(c3ccccc3)C(c3sc(=O)n(-c4ccccc4)c3Cl)C2C(=O)N1c1ccc(F)cc1. The van der Waals surface area contributed by atoms with E-state index in [4.69, 9.17) is 16.4 Å². The van der Waals surface area contributed by atoms with Crippen LogP contribution in [0.4, 0.5) is 15.8 Å². The number of thiazole rings is 1. The van der Waals surface area contributed by atoms with Gasteiger partial charge in [-0.1, -0.05) is 59.3 Å². The highest BCUT2D eigenvalue weighted by atomic mass is 35.5. The smallest absolute Gasteiger partial charge is 0.273 e. The second-order valence-electron chi connectivity index (χ2n) is 8.34. The van der Waals surface area contributed by atoms with Crippen molar-refractivity contribution in [1.29, 1.82) is 0 Å². The van der Waals surface area contributed by atoms with Crippen molar-refractivity contribution < 1.29 is 18.8 Å². The Balaban J connectivity index is 1.48. The van der Waals surface area contributed by atoms with Crippen LogP contribution in [0, 0.1) is 11.7 Å². The lowest BCUT2D eigenvalue weighted by atomic mass is 9.95. The third kappa shape index (κ3) is 3.47. The van der Waals surface area contributed by atoms with Gasteiger partial charge in [-0.15, -0.1) is 0 Å². The third-order valence-electron chi connectivity index (χ3n) is 6.27. The van der Waals surface area contributed by atoms with Crippen LogP contribution in [0.1, 0.15) is 10.9 Å². The molecule has 3 unspecified atom stereocenters. The standard InChI is InChI=1S/C26H17ClFN3O4S/c27-23-22(36-26(34)29(23)16-7-3-1-4-8-16)20-19-21(35-31(20)18-9-5-2-6-10-18)25(33)30(24(19)32)17-13-11-15(28)12-14-17/h1-14,19-21H. The number of amides is 2. The van der Waals surface area contributed by atoms with Gasteiger partial charge in [-0.3, -0.25) is 23.8 Å². The van der Waals surface area contributed by atoms with Crippen LogP contribution in [0.15, 0.2) is 89.7 Å². The number of halogens is 2. The van der Waals surface area contributed by atoms with Crippen molar-refractivity contribution in [3.05, 3.63) is 110 Å². The molecule has 3 heterocycles. The van der Waals surface area contributed by atoms with Crippen LogP contribution in [-0.4, -0.2) is 22.5 Å². The van der Waals surface area contributed by atoms with Gasteiger partial charge in [-0.2, -0.15) is 0 Å². The quantitative estimate of drug-likeness (QED) is 0.363. The van der Waals surface area contributed by atoms with Crippen LogP contribution in [0.25, 0.3) is 5.69 Å². The lowest BCUT2D eigenvalue weighted by Crippen LogP contribution is -2.37. The second kappa shape index (κ2) is 8.70. The summed E-state index contributed by atoms with van der Waals surface area (Å²) in [6.45, 7) is 0. The summed E-state index contributed by atoms with van der Waals surface area (Å²) in [6.07, 6.45) is -1.13. The Bertz CT molecular complexity index is 1520. The van der Waals surface area contributed by atoms with E-state index in [0.717, 1.165) is 16.2 Å². The molecule has 7 nitrogen and oxygen atoms in total. The highest BCUT2D eigenvalue weighted by molar-refractivity contribution is 7.10. The number of fused-ring (bicyclic) bond motifs is 1. The zero-order chi connectivity index (χ0) is 25.0. The highest BCUT2D eigenvalue weighted by Crippen LogP contribution is 2.50. The first-order valence-corrected chi connectivity index (χ1v) is 12.3. The number of hydrogen-bond donors (Lipinski definition) is 0. The minimum absolute atomic E-state index is 0.145. The van der Waals surface area contributed by atoms with Crippen molar-refractivity contribution in [3.63, 3.8) is 0 Å². The Morgan fingerprint density at radius 2 is 1.39 bits per heavy atom. The Morgan fingerprint density at radius 1 is 0.778 bits per heavy atom. The normalized spacial score (nSPS) is 21.3. The lowest BCUT2D eigenvalue weighted by Gasteiger charge is -2.28. The fourth-order valence-electron chi connectivity index (χ4n) is 4.67. The molecule has 6 rings (SSSR count). The largest absolute Gasteiger partial charge is 0.313 e. The molecule has 0 radical (unpaired) electrons.